The summed E-state index contributed by atoms with van der Waals surface area (Å²) in [5.41, 5.74) is -0.129. The first-order chi connectivity index (χ1) is 12.2. The summed E-state index contributed by atoms with van der Waals surface area (Å²) in [4.78, 5) is 22.5. The molecule has 0 saturated carbocycles. The molecule has 0 bridgehead atoms. The van der Waals surface area contributed by atoms with Gasteiger partial charge in [-0.15, -0.1) is 0 Å². The van der Waals surface area contributed by atoms with E-state index in [0.717, 1.165) is 19.0 Å². The quantitative estimate of drug-likeness (QED) is 0.809. The Hall–Kier alpha value is -2.51. The first-order valence-corrected chi connectivity index (χ1v) is 8.68. The standard InChI is InChI=1S/C18H23FN4O3/c1-11-5-6-12(10-23(11)17(24)25-18(2,3)4)15-21-16(26-22-15)14-8-7-13(19)9-20-14/h7-9,11-12H,5-6,10H2,1-4H3. The molecule has 7 nitrogen and oxygen atoms in total. The number of likely N-dealkylation sites (tertiary alicyclic amines) is 1. The average Bonchev–Trinajstić information content (AvgIpc) is 3.04. The predicted octanol–water partition coefficient (Wildman–Crippen LogP) is 3.77. The van der Waals surface area contributed by atoms with Crippen molar-refractivity contribution in [1.82, 2.24) is 20.0 Å². The van der Waals surface area contributed by atoms with E-state index in [2.05, 4.69) is 15.1 Å². The lowest BCUT2D eigenvalue weighted by molar-refractivity contribution is 0.00928. The van der Waals surface area contributed by atoms with Crippen LogP contribution in [0.5, 0.6) is 0 Å². The number of hydrogen-bond donors (Lipinski definition) is 0. The number of aromatic nitrogens is 3. The van der Waals surface area contributed by atoms with Gasteiger partial charge in [0.1, 0.15) is 17.1 Å². The molecule has 3 rings (SSSR count). The molecule has 1 fully saturated rings. The molecular weight excluding hydrogens is 339 g/mol. The molecule has 1 saturated heterocycles. The molecule has 0 aliphatic carbocycles. The fraction of sp³-hybridized carbons (Fsp3) is 0.556. The fourth-order valence-electron chi connectivity index (χ4n) is 2.90. The van der Waals surface area contributed by atoms with Gasteiger partial charge in [0.15, 0.2) is 5.82 Å². The van der Waals surface area contributed by atoms with Crippen molar-refractivity contribution in [1.29, 1.82) is 0 Å². The Balaban J connectivity index is 1.73. The number of piperidine rings is 1. The van der Waals surface area contributed by atoms with Gasteiger partial charge in [-0.05, 0) is 52.7 Å². The van der Waals surface area contributed by atoms with Crippen LogP contribution in [0.1, 0.15) is 52.3 Å². The van der Waals surface area contributed by atoms with Crippen molar-refractivity contribution in [3.05, 3.63) is 30.0 Å². The second-order valence-electron chi connectivity index (χ2n) is 7.58. The van der Waals surface area contributed by atoms with E-state index in [-0.39, 0.29) is 23.9 Å². The first kappa shape index (κ1) is 18.3. The SMILES string of the molecule is CC1CCC(c2noc(-c3ccc(F)cn3)n2)CN1C(=O)OC(C)(C)C. The molecule has 2 aromatic rings. The second kappa shape index (κ2) is 7.01. The Morgan fingerprint density at radius 3 is 2.77 bits per heavy atom. The number of pyridine rings is 1. The summed E-state index contributed by atoms with van der Waals surface area (Å²) in [5.74, 6) is 0.286. The summed E-state index contributed by atoms with van der Waals surface area (Å²) in [6.07, 6.45) is 2.43. The molecular formula is C18H23FN4O3. The highest BCUT2D eigenvalue weighted by atomic mass is 19.1. The van der Waals surface area contributed by atoms with Gasteiger partial charge in [0, 0.05) is 18.5 Å². The van der Waals surface area contributed by atoms with Crippen molar-refractivity contribution in [2.45, 2.75) is 58.1 Å². The van der Waals surface area contributed by atoms with Crippen molar-refractivity contribution in [2.24, 2.45) is 0 Å². The van der Waals surface area contributed by atoms with Gasteiger partial charge in [-0.25, -0.2) is 14.2 Å². The normalized spacial score (nSPS) is 20.9. The van der Waals surface area contributed by atoms with E-state index in [4.69, 9.17) is 9.26 Å². The van der Waals surface area contributed by atoms with E-state index in [9.17, 15) is 9.18 Å². The van der Waals surface area contributed by atoms with Gasteiger partial charge in [-0.2, -0.15) is 4.98 Å². The number of carbonyl (C=O) groups excluding carboxylic acids is 1. The first-order valence-electron chi connectivity index (χ1n) is 8.68. The maximum Gasteiger partial charge on any atom is 0.410 e. The summed E-state index contributed by atoms with van der Waals surface area (Å²) < 4.78 is 23.8. The van der Waals surface area contributed by atoms with E-state index in [0.29, 0.717) is 18.1 Å². The Bertz CT molecular complexity index is 769. The molecule has 0 N–H and O–H groups in total. The van der Waals surface area contributed by atoms with Crippen LogP contribution < -0.4 is 0 Å². The number of nitrogens with zero attached hydrogens (tertiary/aromatic N) is 4. The van der Waals surface area contributed by atoms with Gasteiger partial charge >= 0.3 is 6.09 Å². The molecule has 0 spiro atoms. The third-order valence-corrected chi connectivity index (χ3v) is 4.26. The van der Waals surface area contributed by atoms with Crippen LogP contribution in [0.4, 0.5) is 9.18 Å². The third-order valence-electron chi connectivity index (χ3n) is 4.26. The predicted molar refractivity (Wildman–Crippen MR) is 91.9 cm³/mol. The minimum absolute atomic E-state index is 0.0448. The summed E-state index contributed by atoms with van der Waals surface area (Å²) in [7, 11) is 0. The number of rotatable bonds is 2. The smallest absolute Gasteiger partial charge is 0.410 e. The van der Waals surface area contributed by atoms with Gasteiger partial charge in [0.05, 0.1) is 6.20 Å². The van der Waals surface area contributed by atoms with Crippen LogP contribution >= 0.6 is 0 Å². The summed E-state index contributed by atoms with van der Waals surface area (Å²) in [6, 6.07) is 2.87. The number of amides is 1. The minimum atomic E-state index is -0.544. The highest BCUT2D eigenvalue weighted by Gasteiger charge is 2.34. The lowest BCUT2D eigenvalue weighted by Crippen LogP contribution is -2.47. The number of ether oxygens (including phenoxy) is 1. The van der Waals surface area contributed by atoms with E-state index < -0.39 is 11.4 Å². The summed E-state index contributed by atoms with van der Waals surface area (Å²) >= 11 is 0. The van der Waals surface area contributed by atoms with E-state index in [1.165, 1.54) is 12.1 Å². The van der Waals surface area contributed by atoms with E-state index >= 15 is 0 Å². The number of carbonyl (C=O) groups is 1. The Labute approximate surface area is 151 Å². The second-order valence-corrected chi connectivity index (χ2v) is 7.58. The highest BCUT2D eigenvalue weighted by Crippen LogP contribution is 2.30. The van der Waals surface area contributed by atoms with Crippen LogP contribution in [0.25, 0.3) is 11.6 Å². The van der Waals surface area contributed by atoms with Crippen molar-refractivity contribution >= 4 is 6.09 Å². The van der Waals surface area contributed by atoms with E-state index in [1.54, 1.807) is 4.90 Å². The zero-order valence-corrected chi connectivity index (χ0v) is 15.4. The maximum atomic E-state index is 13.0. The fourth-order valence-corrected chi connectivity index (χ4v) is 2.90. The Morgan fingerprint density at radius 1 is 1.35 bits per heavy atom. The van der Waals surface area contributed by atoms with Gasteiger partial charge in [-0.1, -0.05) is 5.16 Å². The topological polar surface area (TPSA) is 81.4 Å². The van der Waals surface area contributed by atoms with Gasteiger partial charge in [-0.3, -0.25) is 0 Å². The van der Waals surface area contributed by atoms with E-state index in [1.807, 2.05) is 27.7 Å². The molecule has 0 radical (unpaired) electrons. The highest BCUT2D eigenvalue weighted by molar-refractivity contribution is 5.68. The molecule has 0 aromatic carbocycles. The van der Waals surface area contributed by atoms with Crippen LogP contribution in [0, 0.1) is 5.82 Å². The van der Waals surface area contributed by atoms with Crippen molar-refractivity contribution < 1.29 is 18.4 Å². The zero-order chi connectivity index (χ0) is 18.9. The lowest BCUT2D eigenvalue weighted by atomic mass is 9.93. The van der Waals surface area contributed by atoms with Crippen molar-refractivity contribution in [2.75, 3.05) is 6.54 Å². The summed E-state index contributed by atoms with van der Waals surface area (Å²) in [6.45, 7) is 8.00. The maximum absolute atomic E-state index is 13.0. The molecule has 2 aromatic heterocycles. The zero-order valence-electron chi connectivity index (χ0n) is 15.4. The average molecular weight is 362 g/mol. The molecule has 26 heavy (non-hydrogen) atoms. The third kappa shape index (κ3) is 4.17. The van der Waals surface area contributed by atoms with Gasteiger partial charge < -0.3 is 14.2 Å². The molecule has 8 heteroatoms. The van der Waals surface area contributed by atoms with Crippen LogP contribution in [-0.2, 0) is 4.74 Å². The largest absolute Gasteiger partial charge is 0.444 e. The van der Waals surface area contributed by atoms with Crippen LogP contribution in [0.3, 0.4) is 0 Å². The minimum Gasteiger partial charge on any atom is -0.444 e. The molecule has 1 aliphatic heterocycles. The van der Waals surface area contributed by atoms with Crippen LogP contribution in [-0.4, -0.2) is 44.3 Å². The molecule has 2 unspecified atom stereocenters. The van der Waals surface area contributed by atoms with Crippen molar-refractivity contribution in [3.8, 4) is 11.6 Å². The van der Waals surface area contributed by atoms with Gasteiger partial charge in [0.25, 0.3) is 5.89 Å². The molecule has 1 amide bonds. The number of hydrogen-bond acceptors (Lipinski definition) is 6. The summed E-state index contributed by atoms with van der Waals surface area (Å²) in [5, 5.41) is 4.03. The Morgan fingerprint density at radius 2 is 2.12 bits per heavy atom. The monoisotopic (exact) mass is 362 g/mol. The lowest BCUT2D eigenvalue weighted by Gasteiger charge is -2.37. The van der Waals surface area contributed by atoms with Crippen LogP contribution in [0.2, 0.25) is 0 Å². The molecule has 140 valence electrons. The molecule has 2 atom stereocenters. The Kier molecular flexibility index (Phi) is 4.93. The molecule has 3 heterocycles. The van der Waals surface area contributed by atoms with Gasteiger partial charge in [0.2, 0.25) is 0 Å². The molecule has 1 aliphatic rings. The van der Waals surface area contributed by atoms with Crippen molar-refractivity contribution in [3.63, 3.8) is 0 Å². The number of halogens is 1. The van der Waals surface area contributed by atoms with Crippen LogP contribution in [0.15, 0.2) is 22.9 Å².